The van der Waals surface area contributed by atoms with Gasteiger partial charge in [-0.15, -0.1) is 0 Å². The number of alkyl halides is 2. The Kier molecular flexibility index (Phi) is 3.79. The second-order valence-corrected chi connectivity index (χ2v) is 4.27. The van der Waals surface area contributed by atoms with Crippen molar-refractivity contribution in [3.63, 3.8) is 0 Å². The number of amides is 1. The molecule has 1 saturated heterocycles. The monoisotopic (exact) mass is 249 g/mol. The summed E-state index contributed by atoms with van der Waals surface area (Å²) in [5.74, 6) is -5.35. The van der Waals surface area contributed by atoms with Gasteiger partial charge in [0.25, 0.3) is 5.92 Å². The molecule has 0 saturated carbocycles. The highest BCUT2D eigenvalue weighted by Gasteiger charge is 2.44. The molecular formula is C10H13F2NO4. The van der Waals surface area contributed by atoms with E-state index in [9.17, 15) is 23.2 Å². The third-order valence-electron chi connectivity index (χ3n) is 2.56. The number of piperidine rings is 1. The maximum atomic E-state index is 13.2. The molecule has 1 N–H and O–H groups in total. The molecule has 0 bridgehead atoms. The lowest BCUT2D eigenvalue weighted by atomic mass is 9.89. The van der Waals surface area contributed by atoms with Crippen molar-refractivity contribution in [1.82, 2.24) is 4.90 Å². The molecule has 0 spiro atoms. The van der Waals surface area contributed by atoms with Crippen molar-refractivity contribution >= 4 is 17.7 Å². The Morgan fingerprint density at radius 1 is 1.41 bits per heavy atom. The fraction of sp³-hybridized carbons (Fsp3) is 0.700. The van der Waals surface area contributed by atoms with Crippen molar-refractivity contribution in [2.75, 3.05) is 13.1 Å². The molecule has 7 heteroatoms. The molecule has 1 rings (SSSR count). The maximum Gasteiger partial charge on any atom is 0.407 e. The largest absolute Gasteiger partial charge is 0.465 e. The van der Waals surface area contributed by atoms with Crippen molar-refractivity contribution < 1.29 is 28.3 Å². The van der Waals surface area contributed by atoms with Gasteiger partial charge in [-0.05, 0) is 6.92 Å². The first-order valence-electron chi connectivity index (χ1n) is 5.09. The van der Waals surface area contributed by atoms with E-state index in [-0.39, 0.29) is 6.54 Å². The van der Waals surface area contributed by atoms with E-state index in [1.165, 1.54) is 6.92 Å². The number of hydrogen-bond acceptors (Lipinski definition) is 3. The Balaban J connectivity index is 2.76. The predicted molar refractivity (Wildman–Crippen MR) is 53.0 cm³/mol. The molecule has 1 aliphatic rings. The van der Waals surface area contributed by atoms with Crippen LogP contribution in [0.5, 0.6) is 0 Å². The Morgan fingerprint density at radius 2 is 2.00 bits per heavy atom. The van der Waals surface area contributed by atoms with E-state index < -0.39 is 48.9 Å². The molecule has 5 nitrogen and oxygen atoms in total. The second kappa shape index (κ2) is 4.77. The van der Waals surface area contributed by atoms with E-state index in [1.807, 2.05) is 0 Å². The van der Waals surface area contributed by atoms with Crippen molar-refractivity contribution in [2.45, 2.75) is 25.7 Å². The van der Waals surface area contributed by atoms with Crippen LogP contribution < -0.4 is 0 Å². The van der Waals surface area contributed by atoms with Crippen LogP contribution in [0.1, 0.15) is 19.8 Å². The number of rotatable bonds is 3. The first kappa shape index (κ1) is 13.5. The smallest absolute Gasteiger partial charge is 0.407 e. The number of hydrogen-bond donors (Lipinski definition) is 1. The number of carbonyl (C=O) groups excluding carboxylic acids is 2. The number of nitrogens with zero attached hydrogens (tertiary/aromatic N) is 1. The van der Waals surface area contributed by atoms with E-state index >= 15 is 0 Å². The summed E-state index contributed by atoms with van der Waals surface area (Å²) >= 11 is 0. The summed E-state index contributed by atoms with van der Waals surface area (Å²) in [6.45, 7) is 0.0249. The minimum absolute atomic E-state index is 0.267. The second-order valence-electron chi connectivity index (χ2n) is 4.27. The van der Waals surface area contributed by atoms with Crippen LogP contribution in [0.3, 0.4) is 0 Å². The van der Waals surface area contributed by atoms with E-state index in [4.69, 9.17) is 5.11 Å². The lowest BCUT2D eigenvalue weighted by Crippen LogP contribution is -2.51. The summed E-state index contributed by atoms with van der Waals surface area (Å²) in [6.07, 6.45) is -2.60. The van der Waals surface area contributed by atoms with E-state index in [2.05, 4.69) is 0 Å². The van der Waals surface area contributed by atoms with Gasteiger partial charge in [0, 0.05) is 18.9 Å². The standard InChI is InChI=1S/C10H13F2NO4/c1-6(14)2-8(15)7-3-10(11,12)5-13(4-7)9(16)17/h7H,2-5H2,1H3,(H,16,17). The minimum Gasteiger partial charge on any atom is -0.465 e. The number of ketones is 2. The average Bonchev–Trinajstić information content (AvgIpc) is 2.13. The highest BCUT2D eigenvalue weighted by molar-refractivity contribution is 5.99. The number of likely N-dealkylation sites (tertiary alicyclic amines) is 1. The highest BCUT2D eigenvalue weighted by Crippen LogP contribution is 2.31. The normalized spacial score (nSPS) is 23.2. The molecule has 96 valence electrons. The third-order valence-corrected chi connectivity index (χ3v) is 2.56. The van der Waals surface area contributed by atoms with Crippen molar-refractivity contribution in [3.8, 4) is 0 Å². The molecule has 1 fully saturated rings. The zero-order valence-corrected chi connectivity index (χ0v) is 9.28. The van der Waals surface area contributed by atoms with Crippen LogP contribution in [0.4, 0.5) is 13.6 Å². The van der Waals surface area contributed by atoms with Gasteiger partial charge in [0.15, 0.2) is 0 Å². The van der Waals surface area contributed by atoms with E-state index in [1.54, 1.807) is 0 Å². The molecule has 0 aromatic carbocycles. The topological polar surface area (TPSA) is 74.7 Å². The molecule has 1 heterocycles. The summed E-state index contributed by atoms with van der Waals surface area (Å²) in [5.41, 5.74) is 0. The van der Waals surface area contributed by atoms with Gasteiger partial charge < -0.3 is 10.0 Å². The van der Waals surface area contributed by atoms with Crippen molar-refractivity contribution in [2.24, 2.45) is 5.92 Å². The van der Waals surface area contributed by atoms with Crippen LogP contribution in [0.15, 0.2) is 0 Å². The van der Waals surface area contributed by atoms with Crippen molar-refractivity contribution in [3.05, 3.63) is 0 Å². The van der Waals surface area contributed by atoms with Gasteiger partial charge in [0.2, 0.25) is 0 Å². The van der Waals surface area contributed by atoms with Crippen LogP contribution in [0.25, 0.3) is 0 Å². The summed E-state index contributed by atoms with van der Waals surface area (Å²) < 4.78 is 26.4. The lowest BCUT2D eigenvalue weighted by Gasteiger charge is -2.35. The predicted octanol–water partition coefficient (Wildman–Crippen LogP) is 1.17. The summed E-state index contributed by atoms with van der Waals surface area (Å²) in [7, 11) is 0. The van der Waals surface area contributed by atoms with Crippen LogP contribution in [0, 0.1) is 5.92 Å². The summed E-state index contributed by atoms with van der Waals surface area (Å²) in [6, 6.07) is 0. The minimum atomic E-state index is -3.21. The zero-order chi connectivity index (χ0) is 13.2. The molecule has 1 aliphatic heterocycles. The molecule has 17 heavy (non-hydrogen) atoms. The zero-order valence-electron chi connectivity index (χ0n) is 9.28. The fourth-order valence-electron chi connectivity index (χ4n) is 1.85. The van der Waals surface area contributed by atoms with Gasteiger partial charge >= 0.3 is 6.09 Å². The lowest BCUT2D eigenvalue weighted by molar-refractivity contribution is -0.136. The van der Waals surface area contributed by atoms with Gasteiger partial charge in [-0.2, -0.15) is 0 Å². The van der Waals surface area contributed by atoms with Crippen LogP contribution in [-0.4, -0.2) is 46.7 Å². The van der Waals surface area contributed by atoms with E-state index in [0.29, 0.717) is 4.90 Å². The van der Waals surface area contributed by atoms with Crippen LogP contribution >= 0.6 is 0 Å². The van der Waals surface area contributed by atoms with Crippen LogP contribution in [0.2, 0.25) is 0 Å². The highest BCUT2D eigenvalue weighted by atomic mass is 19.3. The number of carbonyl (C=O) groups is 3. The van der Waals surface area contributed by atoms with Crippen molar-refractivity contribution in [1.29, 1.82) is 0 Å². The molecule has 0 aromatic rings. The Labute approximate surface area is 96.4 Å². The summed E-state index contributed by atoms with van der Waals surface area (Å²) in [4.78, 5) is 33.4. The first-order chi connectivity index (χ1) is 7.71. The van der Waals surface area contributed by atoms with Crippen LogP contribution in [-0.2, 0) is 9.59 Å². The molecule has 0 radical (unpaired) electrons. The third kappa shape index (κ3) is 3.76. The number of halogens is 2. The SMILES string of the molecule is CC(=O)CC(=O)C1CN(C(=O)O)CC(F)(F)C1. The number of carboxylic acid groups (broad SMARTS) is 1. The van der Waals surface area contributed by atoms with Gasteiger partial charge in [-0.3, -0.25) is 9.59 Å². The molecule has 0 aromatic heterocycles. The van der Waals surface area contributed by atoms with Gasteiger partial charge in [-0.1, -0.05) is 0 Å². The molecule has 1 amide bonds. The fourth-order valence-corrected chi connectivity index (χ4v) is 1.85. The molecule has 1 unspecified atom stereocenters. The quantitative estimate of drug-likeness (QED) is 0.762. The Morgan fingerprint density at radius 3 is 2.47 bits per heavy atom. The van der Waals surface area contributed by atoms with Gasteiger partial charge in [0.05, 0.1) is 13.0 Å². The summed E-state index contributed by atoms with van der Waals surface area (Å²) in [5, 5.41) is 8.67. The van der Waals surface area contributed by atoms with E-state index in [0.717, 1.165) is 0 Å². The molecule has 0 aliphatic carbocycles. The van der Waals surface area contributed by atoms with Gasteiger partial charge in [-0.25, -0.2) is 13.6 Å². The first-order valence-corrected chi connectivity index (χ1v) is 5.09. The Hall–Kier alpha value is -1.53. The van der Waals surface area contributed by atoms with Gasteiger partial charge in [0.1, 0.15) is 11.6 Å². The maximum absolute atomic E-state index is 13.2. The molecule has 1 atom stereocenters. The molecular weight excluding hydrogens is 236 g/mol. The average molecular weight is 249 g/mol. The Bertz CT molecular complexity index is 356. The number of Topliss-reactive ketones (excluding diaryl/α,β-unsaturated/α-hetero) is 2.